The van der Waals surface area contributed by atoms with Crippen LogP contribution < -0.4 is 5.32 Å². The number of hydrogen-bond donors (Lipinski definition) is 3. The summed E-state index contributed by atoms with van der Waals surface area (Å²) in [4.78, 5) is 33.8. The number of H-pyrrole nitrogens is 1. The first-order chi connectivity index (χ1) is 18.8. The summed E-state index contributed by atoms with van der Waals surface area (Å²) in [5.74, 6) is -0.567. The van der Waals surface area contributed by atoms with Gasteiger partial charge in [0.2, 0.25) is 0 Å². The molecule has 1 heterocycles. The van der Waals surface area contributed by atoms with Crippen molar-refractivity contribution in [3.8, 4) is 22.5 Å². The molecule has 0 saturated carbocycles. The molecule has 0 bridgehead atoms. The van der Waals surface area contributed by atoms with Crippen molar-refractivity contribution in [2.75, 3.05) is 0 Å². The van der Waals surface area contributed by atoms with Gasteiger partial charge in [-0.1, -0.05) is 86.1 Å². The molecule has 1 aromatic heterocycles. The van der Waals surface area contributed by atoms with Gasteiger partial charge >= 0.3 is 5.97 Å². The maximum Gasteiger partial charge on any atom is 0.336 e. The third-order valence-corrected chi connectivity index (χ3v) is 6.97. The van der Waals surface area contributed by atoms with E-state index >= 15 is 0 Å². The van der Waals surface area contributed by atoms with Crippen LogP contribution in [0.1, 0.15) is 52.6 Å². The molecule has 1 amide bonds. The number of aromatic amines is 1. The number of amides is 1. The highest BCUT2D eigenvalue weighted by atomic mass is 35.5. The molecular formula is C32H28ClN3O3. The van der Waals surface area contributed by atoms with E-state index in [0.29, 0.717) is 33.5 Å². The van der Waals surface area contributed by atoms with Gasteiger partial charge < -0.3 is 15.4 Å². The fourth-order valence-electron chi connectivity index (χ4n) is 4.83. The van der Waals surface area contributed by atoms with E-state index in [2.05, 4.69) is 29.1 Å². The molecule has 39 heavy (non-hydrogen) atoms. The molecule has 0 spiro atoms. The average molecular weight is 538 g/mol. The second-order valence-corrected chi connectivity index (χ2v) is 10.3. The summed E-state index contributed by atoms with van der Waals surface area (Å²) >= 11 is 6.66. The van der Waals surface area contributed by atoms with E-state index in [-0.39, 0.29) is 23.1 Å². The Morgan fingerprint density at radius 1 is 0.923 bits per heavy atom. The topological polar surface area (TPSA) is 95.1 Å². The fourth-order valence-corrected chi connectivity index (χ4v) is 5.11. The molecule has 0 aliphatic heterocycles. The van der Waals surface area contributed by atoms with Crippen molar-refractivity contribution in [3.63, 3.8) is 0 Å². The number of carboxylic acids is 1. The second kappa shape index (κ2) is 11.1. The zero-order valence-corrected chi connectivity index (χ0v) is 22.4. The molecule has 3 N–H and O–H groups in total. The Morgan fingerprint density at radius 2 is 1.67 bits per heavy atom. The van der Waals surface area contributed by atoms with Gasteiger partial charge in [0.25, 0.3) is 5.91 Å². The molecule has 0 radical (unpaired) electrons. The van der Waals surface area contributed by atoms with Gasteiger partial charge in [-0.2, -0.15) is 0 Å². The number of benzene rings is 4. The van der Waals surface area contributed by atoms with Gasteiger partial charge in [0, 0.05) is 21.7 Å². The summed E-state index contributed by atoms with van der Waals surface area (Å²) in [5.41, 5.74) is 4.50. The zero-order chi connectivity index (χ0) is 27.5. The first kappa shape index (κ1) is 26.2. The second-order valence-electron chi connectivity index (χ2n) is 9.90. The van der Waals surface area contributed by atoms with Crippen molar-refractivity contribution in [2.45, 2.75) is 26.3 Å². The quantitative estimate of drug-likeness (QED) is 0.188. The fraction of sp³-hybridized carbons (Fsp3) is 0.156. The SMILES string of the molecule is CC(C)C[C@H](NC(=O)c1ccc(-c2c(Cl)cccc2-c2nc3ccccc3[nH]2)c(C(=O)O)c1)c1ccccc1. The molecule has 0 unspecified atom stereocenters. The van der Waals surface area contributed by atoms with E-state index in [9.17, 15) is 14.7 Å². The van der Waals surface area contributed by atoms with Crippen LogP contribution in [0.2, 0.25) is 5.02 Å². The van der Waals surface area contributed by atoms with E-state index in [1.54, 1.807) is 24.3 Å². The van der Waals surface area contributed by atoms with E-state index in [1.807, 2.05) is 60.7 Å². The lowest BCUT2D eigenvalue weighted by molar-refractivity contribution is 0.0697. The van der Waals surface area contributed by atoms with Crippen LogP contribution in [0.15, 0.2) is 91.0 Å². The number of para-hydroxylation sites is 2. The lowest BCUT2D eigenvalue weighted by atomic mass is 9.92. The van der Waals surface area contributed by atoms with Crippen molar-refractivity contribution >= 4 is 34.5 Å². The van der Waals surface area contributed by atoms with Gasteiger partial charge in [0.15, 0.2) is 0 Å². The van der Waals surface area contributed by atoms with Crippen molar-refractivity contribution in [2.24, 2.45) is 5.92 Å². The van der Waals surface area contributed by atoms with Crippen LogP contribution in [0.25, 0.3) is 33.5 Å². The lowest BCUT2D eigenvalue weighted by Gasteiger charge is -2.21. The van der Waals surface area contributed by atoms with Gasteiger partial charge in [-0.25, -0.2) is 9.78 Å². The smallest absolute Gasteiger partial charge is 0.336 e. The molecule has 7 heteroatoms. The summed E-state index contributed by atoms with van der Waals surface area (Å²) in [7, 11) is 0. The predicted molar refractivity (Wildman–Crippen MR) is 155 cm³/mol. The first-order valence-corrected chi connectivity index (χ1v) is 13.2. The molecule has 6 nitrogen and oxygen atoms in total. The van der Waals surface area contributed by atoms with Gasteiger partial charge in [-0.3, -0.25) is 4.79 Å². The highest BCUT2D eigenvalue weighted by Gasteiger charge is 2.23. The maximum absolute atomic E-state index is 13.3. The van der Waals surface area contributed by atoms with Crippen LogP contribution in [0.4, 0.5) is 0 Å². The number of hydrogen-bond acceptors (Lipinski definition) is 3. The van der Waals surface area contributed by atoms with Crippen LogP contribution in [-0.4, -0.2) is 27.0 Å². The molecule has 1 atom stereocenters. The number of fused-ring (bicyclic) bond motifs is 1. The molecule has 0 saturated heterocycles. The third-order valence-electron chi connectivity index (χ3n) is 6.65. The van der Waals surface area contributed by atoms with Crippen LogP contribution in [-0.2, 0) is 0 Å². The van der Waals surface area contributed by atoms with Crippen LogP contribution in [0.3, 0.4) is 0 Å². The van der Waals surface area contributed by atoms with Gasteiger partial charge in [-0.05, 0) is 53.8 Å². The van der Waals surface area contributed by atoms with Crippen molar-refractivity contribution in [3.05, 3.63) is 113 Å². The number of aromatic nitrogens is 2. The Labute approximate surface area is 231 Å². The van der Waals surface area contributed by atoms with Crippen LogP contribution in [0.5, 0.6) is 0 Å². The summed E-state index contributed by atoms with van der Waals surface area (Å²) in [6.07, 6.45) is 0.750. The Hall–Kier alpha value is -4.42. The molecule has 4 aromatic carbocycles. The molecular weight excluding hydrogens is 510 g/mol. The van der Waals surface area contributed by atoms with Crippen molar-refractivity contribution < 1.29 is 14.7 Å². The number of carbonyl (C=O) groups excluding carboxylic acids is 1. The minimum Gasteiger partial charge on any atom is -0.478 e. The third kappa shape index (κ3) is 5.56. The van der Waals surface area contributed by atoms with Crippen molar-refractivity contribution in [1.29, 1.82) is 0 Å². The molecule has 5 rings (SSSR count). The predicted octanol–water partition coefficient (Wildman–Crippen LogP) is 7.77. The number of nitrogens with zero attached hydrogens (tertiary/aromatic N) is 1. The van der Waals surface area contributed by atoms with Gasteiger partial charge in [0.1, 0.15) is 5.82 Å². The Bertz CT molecular complexity index is 1630. The number of rotatable bonds is 8. The van der Waals surface area contributed by atoms with E-state index in [0.717, 1.165) is 23.0 Å². The van der Waals surface area contributed by atoms with E-state index < -0.39 is 5.97 Å². The minimum absolute atomic E-state index is 0.0202. The van der Waals surface area contributed by atoms with E-state index in [1.165, 1.54) is 6.07 Å². The van der Waals surface area contributed by atoms with E-state index in [4.69, 9.17) is 11.6 Å². The molecule has 0 aliphatic carbocycles. The zero-order valence-electron chi connectivity index (χ0n) is 21.6. The lowest BCUT2D eigenvalue weighted by Crippen LogP contribution is -2.29. The summed E-state index contributed by atoms with van der Waals surface area (Å²) in [6.45, 7) is 4.20. The molecule has 0 aliphatic rings. The summed E-state index contributed by atoms with van der Waals surface area (Å²) in [5, 5.41) is 13.7. The molecule has 196 valence electrons. The van der Waals surface area contributed by atoms with Crippen LogP contribution >= 0.6 is 11.6 Å². The maximum atomic E-state index is 13.3. The molecule has 5 aromatic rings. The summed E-state index contributed by atoms with van der Waals surface area (Å²) in [6, 6.07) is 27.3. The van der Waals surface area contributed by atoms with Crippen molar-refractivity contribution in [1.82, 2.24) is 15.3 Å². The minimum atomic E-state index is -1.16. The highest BCUT2D eigenvalue weighted by Crippen LogP contribution is 2.39. The number of aromatic carboxylic acids is 1. The average Bonchev–Trinajstić information content (AvgIpc) is 3.37. The number of nitrogens with one attached hydrogen (secondary N) is 2. The Morgan fingerprint density at radius 3 is 2.38 bits per heavy atom. The highest BCUT2D eigenvalue weighted by molar-refractivity contribution is 6.34. The van der Waals surface area contributed by atoms with Gasteiger partial charge in [0.05, 0.1) is 22.6 Å². The van der Waals surface area contributed by atoms with Gasteiger partial charge in [-0.15, -0.1) is 0 Å². The normalized spacial score (nSPS) is 12.0. The number of imidazole rings is 1. The molecule has 0 fully saturated rings. The summed E-state index contributed by atoms with van der Waals surface area (Å²) < 4.78 is 0. The Kier molecular flexibility index (Phi) is 7.48. The number of halogens is 1. The largest absolute Gasteiger partial charge is 0.478 e. The standard InChI is InChI=1S/C32H28ClN3O3/c1-19(2)17-28(20-9-4-3-5-10-20)36-31(37)21-15-16-22(24(18-21)32(38)39)29-23(11-8-12-25(29)33)30-34-26-13-6-7-14-27(26)35-30/h3-16,18-19,28H,17H2,1-2H3,(H,34,35)(H,36,37)(H,38,39)/t28-/m0/s1. The Balaban J connectivity index is 1.54. The number of carboxylic acid groups (broad SMARTS) is 1. The first-order valence-electron chi connectivity index (χ1n) is 12.8. The van der Waals surface area contributed by atoms with Crippen LogP contribution in [0, 0.1) is 5.92 Å². The number of carbonyl (C=O) groups is 2. The monoisotopic (exact) mass is 537 g/mol.